The summed E-state index contributed by atoms with van der Waals surface area (Å²) in [6.45, 7) is 7.01. The second-order valence-electron chi connectivity index (χ2n) is 4.38. The van der Waals surface area contributed by atoms with E-state index in [1.54, 1.807) is 6.20 Å². The number of nitrogens with two attached hydrogens (primary N) is 1. The fraction of sp³-hybridized carbons (Fsp3) is 0.500. The third-order valence-electron chi connectivity index (χ3n) is 2.29. The summed E-state index contributed by atoms with van der Waals surface area (Å²) in [5.41, 5.74) is 3.67. The minimum absolute atomic E-state index is 0.116. The standard InChI is InChI=1S/C12H21N5/c1-9(2)7-15-12(17-13)16-10(3)11-5-4-6-14-8-11/h4-6,8-10H,7,13H2,1-3H3,(H2,15,16,17). The van der Waals surface area contributed by atoms with E-state index in [2.05, 4.69) is 34.6 Å². The maximum Gasteiger partial charge on any atom is 0.206 e. The third-order valence-corrected chi connectivity index (χ3v) is 2.29. The van der Waals surface area contributed by atoms with Crippen LogP contribution >= 0.6 is 0 Å². The number of rotatable bonds is 4. The molecular formula is C12H21N5. The third kappa shape index (κ3) is 4.82. The molecule has 0 bridgehead atoms. The second-order valence-corrected chi connectivity index (χ2v) is 4.38. The highest BCUT2D eigenvalue weighted by Gasteiger charge is 2.06. The molecule has 0 aromatic carbocycles. The molecule has 1 aromatic rings. The lowest BCUT2D eigenvalue weighted by Crippen LogP contribution is -2.42. The van der Waals surface area contributed by atoms with Crippen molar-refractivity contribution >= 4 is 5.96 Å². The molecule has 0 amide bonds. The van der Waals surface area contributed by atoms with Gasteiger partial charge >= 0.3 is 0 Å². The number of hydrogen-bond acceptors (Lipinski definition) is 3. The molecule has 4 N–H and O–H groups in total. The monoisotopic (exact) mass is 235 g/mol. The van der Waals surface area contributed by atoms with Gasteiger partial charge in [-0.3, -0.25) is 15.4 Å². The molecule has 0 saturated carbocycles. The van der Waals surface area contributed by atoms with E-state index in [4.69, 9.17) is 5.84 Å². The van der Waals surface area contributed by atoms with Gasteiger partial charge in [-0.25, -0.2) is 5.84 Å². The van der Waals surface area contributed by atoms with Gasteiger partial charge in [0.25, 0.3) is 0 Å². The average Bonchev–Trinajstić information content (AvgIpc) is 2.35. The maximum atomic E-state index is 5.43. The lowest BCUT2D eigenvalue weighted by molar-refractivity contribution is 0.642. The normalized spacial score (nSPS) is 13.6. The van der Waals surface area contributed by atoms with Crippen LogP contribution in [0.25, 0.3) is 0 Å². The van der Waals surface area contributed by atoms with Gasteiger partial charge in [-0.2, -0.15) is 0 Å². The van der Waals surface area contributed by atoms with Crippen molar-refractivity contribution < 1.29 is 0 Å². The Morgan fingerprint density at radius 2 is 2.24 bits per heavy atom. The maximum absolute atomic E-state index is 5.43. The SMILES string of the molecule is CC(C)CN=C(NN)NC(C)c1cccnc1. The van der Waals surface area contributed by atoms with Gasteiger partial charge in [0.1, 0.15) is 0 Å². The molecule has 0 radical (unpaired) electrons. The van der Waals surface area contributed by atoms with Crippen LogP contribution in [-0.2, 0) is 0 Å². The predicted molar refractivity (Wildman–Crippen MR) is 70.3 cm³/mol. The van der Waals surface area contributed by atoms with Crippen LogP contribution in [-0.4, -0.2) is 17.5 Å². The van der Waals surface area contributed by atoms with Gasteiger partial charge in [-0.1, -0.05) is 19.9 Å². The lowest BCUT2D eigenvalue weighted by Gasteiger charge is -2.16. The van der Waals surface area contributed by atoms with Crippen LogP contribution in [0.3, 0.4) is 0 Å². The highest BCUT2D eigenvalue weighted by atomic mass is 15.3. The molecule has 1 aromatic heterocycles. The van der Waals surface area contributed by atoms with Crippen molar-refractivity contribution in [3.05, 3.63) is 30.1 Å². The first kappa shape index (κ1) is 13.4. The quantitative estimate of drug-likeness (QED) is 0.317. The van der Waals surface area contributed by atoms with Gasteiger partial charge in [0.05, 0.1) is 6.04 Å². The van der Waals surface area contributed by atoms with Gasteiger partial charge in [0, 0.05) is 18.9 Å². The molecule has 1 rings (SSSR count). The summed E-state index contributed by atoms with van der Waals surface area (Å²) >= 11 is 0. The van der Waals surface area contributed by atoms with Gasteiger partial charge < -0.3 is 5.32 Å². The molecule has 17 heavy (non-hydrogen) atoms. The van der Waals surface area contributed by atoms with Crippen LogP contribution in [0.5, 0.6) is 0 Å². The predicted octanol–water partition coefficient (Wildman–Crippen LogP) is 1.21. The smallest absolute Gasteiger partial charge is 0.206 e. The zero-order valence-corrected chi connectivity index (χ0v) is 10.6. The fourth-order valence-corrected chi connectivity index (χ4v) is 1.33. The van der Waals surface area contributed by atoms with Crippen molar-refractivity contribution in [1.82, 2.24) is 15.7 Å². The molecular weight excluding hydrogens is 214 g/mol. The van der Waals surface area contributed by atoms with Crippen LogP contribution in [0.15, 0.2) is 29.5 Å². The van der Waals surface area contributed by atoms with E-state index in [1.807, 2.05) is 25.3 Å². The van der Waals surface area contributed by atoms with Crippen LogP contribution in [0, 0.1) is 5.92 Å². The molecule has 0 fully saturated rings. The molecule has 1 unspecified atom stereocenters. The molecule has 1 atom stereocenters. The zero-order chi connectivity index (χ0) is 12.7. The first-order chi connectivity index (χ1) is 8.13. The van der Waals surface area contributed by atoms with Crippen molar-refractivity contribution in [1.29, 1.82) is 0 Å². The van der Waals surface area contributed by atoms with Crippen molar-refractivity contribution in [2.75, 3.05) is 6.54 Å². The highest BCUT2D eigenvalue weighted by molar-refractivity contribution is 5.79. The zero-order valence-electron chi connectivity index (χ0n) is 10.6. The molecule has 94 valence electrons. The molecule has 0 aliphatic rings. The Bertz CT molecular complexity index is 347. The van der Waals surface area contributed by atoms with E-state index < -0.39 is 0 Å². The number of aromatic nitrogens is 1. The van der Waals surface area contributed by atoms with Crippen molar-refractivity contribution in [2.24, 2.45) is 16.8 Å². The molecule has 1 heterocycles. The Hall–Kier alpha value is -1.62. The number of pyridine rings is 1. The van der Waals surface area contributed by atoms with E-state index in [9.17, 15) is 0 Å². The molecule has 0 aliphatic carbocycles. The largest absolute Gasteiger partial charge is 0.349 e. The Kier molecular flexibility index (Phi) is 5.42. The number of hydrazine groups is 1. The summed E-state index contributed by atoms with van der Waals surface area (Å²) in [7, 11) is 0. The molecule has 0 saturated heterocycles. The summed E-state index contributed by atoms with van der Waals surface area (Å²) in [6.07, 6.45) is 3.58. The Morgan fingerprint density at radius 3 is 2.76 bits per heavy atom. The lowest BCUT2D eigenvalue weighted by atomic mass is 10.1. The van der Waals surface area contributed by atoms with Gasteiger partial charge in [-0.05, 0) is 24.5 Å². The summed E-state index contributed by atoms with van der Waals surface area (Å²) in [5, 5.41) is 3.21. The van der Waals surface area contributed by atoms with E-state index >= 15 is 0 Å². The van der Waals surface area contributed by atoms with Crippen molar-refractivity contribution in [3.8, 4) is 0 Å². The summed E-state index contributed by atoms with van der Waals surface area (Å²) in [6, 6.07) is 4.04. The topological polar surface area (TPSA) is 75.3 Å². The van der Waals surface area contributed by atoms with Crippen LogP contribution in [0.1, 0.15) is 32.4 Å². The molecule has 5 heteroatoms. The number of guanidine groups is 1. The van der Waals surface area contributed by atoms with Gasteiger partial charge in [0.15, 0.2) is 0 Å². The highest BCUT2D eigenvalue weighted by Crippen LogP contribution is 2.09. The number of nitrogens with zero attached hydrogens (tertiary/aromatic N) is 2. The summed E-state index contributed by atoms with van der Waals surface area (Å²) in [5.74, 6) is 6.54. The van der Waals surface area contributed by atoms with E-state index in [0.29, 0.717) is 11.9 Å². The molecule has 5 nitrogen and oxygen atoms in total. The number of aliphatic imine (C=N–C) groups is 1. The molecule has 0 spiro atoms. The number of hydrogen-bond donors (Lipinski definition) is 3. The average molecular weight is 235 g/mol. The van der Waals surface area contributed by atoms with Crippen LogP contribution in [0.2, 0.25) is 0 Å². The van der Waals surface area contributed by atoms with Crippen molar-refractivity contribution in [2.45, 2.75) is 26.8 Å². The van der Waals surface area contributed by atoms with Gasteiger partial charge in [-0.15, -0.1) is 0 Å². The summed E-state index contributed by atoms with van der Waals surface area (Å²) < 4.78 is 0. The first-order valence-corrected chi connectivity index (χ1v) is 5.81. The Morgan fingerprint density at radius 1 is 1.47 bits per heavy atom. The van der Waals surface area contributed by atoms with Crippen LogP contribution in [0.4, 0.5) is 0 Å². The van der Waals surface area contributed by atoms with E-state index in [0.717, 1.165) is 12.1 Å². The first-order valence-electron chi connectivity index (χ1n) is 5.81. The minimum atomic E-state index is 0.116. The second kappa shape index (κ2) is 6.85. The fourth-order valence-electron chi connectivity index (χ4n) is 1.33. The minimum Gasteiger partial charge on any atom is -0.349 e. The van der Waals surface area contributed by atoms with E-state index in [1.165, 1.54) is 0 Å². The number of nitrogens with one attached hydrogen (secondary N) is 2. The Balaban J connectivity index is 2.59. The van der Waals surface area contributed by atoms with Crippen molar-refractivity contribution in [3.63, 3.8) is 0 Å². The van der Waals surface area contributed by atoms with E-state index in [-0.39, 0.29) is 6.04 Å². The summed E-state index contributed by atoms with van der Waals surface area (Å²) in [4.78, 5) is 8.44. The molecule has 0 aliphatic heterocycles. The Labute approximate surface area is 103 Å². The van der Waals surface area contributed by atoms with Gasteiger partial charge in [0.2, 0.25) is 5.96 Å². The van der Waals surface area contributed by atoms with Crippen LogP contribution < -0.4 is 16.6 Å².